The van der Waals surface area contributed by atoms with Crippen molar-refractivity contribution in [3.05, 3.63) is 48.6 Å². The van der Waals surface area contributed by atoms with Gasteiger partial charge in [-0.15, -0.1) is 0 Å². The average Bonchev–Trinajstić information content (AvgIpc) is 3.26. The SMILES string of the molecule is CCCCC/C=C\C/C=C\C/C=C\C/C=C\CCCC(=O)O[C@@H](COC(=O)CCCCCCCCCCCCCCCCC)COP(=O)(O)O[C@H]1[C@@H](O)[C@@H](OP(=O)(O)O)[C@H](O)[C@@H](O)[C@@H]1O. The lowest BCUT2D eigenvalue weighted by Gasteiger charge is -2.43. The van der Waals surface area contributed by atoms with E-state index in [-0.39, 0.29) is 12.8 Å². The highest BCUT2D eigenvalue weighted by atomic mass is 31.2. The van der Waals surface area contributed by atoms with Crippen LogP contribution in [-0.4, -0.2) is 103 Å². The third-order valence-electron chi connectivity index (χ3n) is 10.9. The van der Waals surface area contributed by atoms with Gasteiger partial charge in [0.05, 0.1) is 6.61 Å². The number of phosphoric ester groups is 2. The molecular formula is C47H84O16P2. The highest BCUT2D eigenvalue weighted by Crippen LogP contribution is 2.49. The van der Waals surface area contributed by atoms with Crippen LogP contribution in [-0.2, 0) is 41.8 Å². The maximum Gasteiger partial charge on any atom is 0.472 e. The summed E-state index contributed by atoms with van der Waals surface area (Å²) in [5.41, 5.74) is 0. The third-order valence-corrected chi connectivity index (χ3v) is 12.4. The Morgan fingerprint density at radius 2 is 0.908 bits per heavy atom. The van der Waals surface area contributed by atoms with Crippen LogP contribution in [0, 0.1) is 0 Å². The first-order valence-electron chi connectivity index (χ1n) is 24.2. The van der Waals surface area contributed by atoms with Crippen LogP contribution < -0.4 is 0 Å². The van der Waals surface area contributed by atoms with Gasteiger partial charge in [-0.2, -0.15) is 0 Å². The summed E-state index contributed by atoms with van der Waals surface area (Å²) in [4.78, 5) is 54.3. The van der Waals surface area contributed by atoms with Gasteiger partial charge in [0.25, 0.3) is 0 Å². The smallest absolute Gasteiger partial charge is 0.462 e. The molecule has 0 heterocycles. The van der Waals surface area contributed by atoms with Crippen LogP contribution in [0.25, 0.3) is 0 Å². The minimum atomic E-state index is -5.37. The molecule has 378 valence electrons. The van der Waals surface area contributed by atoms with E-state index in [1.165, 1.54) is 83.5 Å². The van der Waals surface area contributed by atoms with Gasteiger partial charge in [0, 0.05) is 12.8 Å². The molecule has 0 amide bonds. The lowest BCUT2D eigenvalue weighted by atomic mass is 9.85. The molecule has 16 nitrogen and oxygen atoms in total. The molecule has 65 heavy (non-hydrogen) atoms. The molecule has 0 aromatic rings. The summed E-state index contributed by atoms with van der Waals surface area (Å²) in [6.45, 7) is 3.04. The topological polar surface area (TPSA) is 256 Å². The van der Waals surface area contributed by atoms with Crippen LogP contribution in [0.5, 0.6) is 0 Å². The van der Waals surface area contributed by atoms with E-state index in [1.54, 1.807) is 0 Å². The molecule has 0 aromatic heterocycles. The van der Waals surface area contributed by atoms with Crippen molar-refractivity contribution in [2.24, 2.45) is 0 Å². The zero-order valence-corrected chi connectivity index (χ0v) is 40.9. The molecule has 1 aliphatic carbocycles. The summed E-state index contributed by atoms with van der Waals surface area (Å²) in [7, 11) is -10.7. The van der Waals surface area contributed by atoms with Crippen molar-refractivity contribution >= 4 is 27.6 Å². The molecule has 8 atom stereocenters. The number of allylic oxidation sites excluding steroid dienone is 8. The lowest BCUT2D eigenvalue weighted by molar-refractivity contribution is -0.216. The molecule has 1 saturated carbocycles. The number of unbranched alkanes of at least 4 members (excludes halogenated alkanes) is 18. The van der Waals surface area contributed by atoms with Crippen molar-refractivity contribution in [2.45, 2.75) is 224 Å². The van der Waals surface area contributed by atoms with Gasteiger partial charge in [0.2, 0.25) is 0 Å². The second-order valence-electron chi connectivity index (χ2n) is 16.8. The van der Waals surface area contributed by atoms with Crippen molar-refractivity contribution in [3.8, 4) is 0 Å². The quantitative estimate of drug-likeness (QED) is 0.0131. The molecule has 0 radical (unpaired) electrons. The molecule has 0 aliphatic heterocycles. The van der Waals surface area contributed by atoms with Crippen LogP contribution in [0.2, 0.25) is 0 Å². The molecule has 7 N–H and O–H groups in total. The number of aliphatic hydroxyl groups is 4. The van der Waals surface area contributed by atoms with E-state index in [4.69, 9.17) is 18.5 Å². The van der Waals surface area contributed by atoms with Gasteiger partial charge in [-0.25, -0.2) is 9.13 Å². The van der Waals surface area contributed by atoms with E-state index >= 15 is 0 Å². The number of esters is 2. The van der Waals surface area contributed by atoms with Crippen molar-refractivity contribution in [1.29, 1.82) is 0 Å². The number of ether oxygens (including phenoxy) is 2. The molecule has 0 aromatic carbocycles. The first kappa shape index (κ1) is 61.0. The van der Waals surface area contributed by atoms with E-state index < -0.39 is 83.5 Å². The van der Waals surface area contributed by atoms with Gasteiger partial charge < -0.3 is 44.6 Å². The van der Waals surface area contributed by atoms with Crippen LogP contribution in [0.1, 0.15) is 181 Å². The van der Waals surface area contributed by atoms with Gasteiger partial charge >= 0.3 is 27.6 Å². The first-order chi connectivity index (χ1) is 31.1. The normalized spacial score (nSPS) is 22.0. The van der Waals surface area contributed by atoms with Crippen molar-refractivity contribution in [1.82, 2.24) is 0 Å². The van der Waals surface area contributed by atoms with Gasteiger partial charge in [-0.3, -0.25) is 23.2 Å². The van der Waals surface area contributed by atoms with Crippen molar-refractivity contribution in [3.63, 3.8) is 0 Å². The van der Waals surface area contributed by atoms with Gasteiger partial charge in [-0.1, -0.05) is 165 Å². The summed E-state index contributed by atoms with van der Waals surface area (Å²) in [6, 6.07) is 0. The predicted molar refractivity (Wildman–Crippen MR) is 250 cm³/mol. The highest BCUT2D eigenvalue weighted by molar-refractivity contribution is 7.47. The Labute approximate surface area is 388 Å². The maximum absolute atomic E-state index is 13.0. The Hall–Kier alpha value is -2.04. The Kier molecular flexibility index (Phi) is 35.5. The molecule has 1 aliphatic rings. The van der Waals surface area contributed by atoms with Crippen molar-refractivity contribution < 1.29 is 76.9 Å². The van der Waals surface area contributed by atoms with Gasteiger partial charge in [0.15, 0.2) is 6.10 Å². The molecule has 0 spiro atoms. The van der Waals surface area contributed by atoms with Crippen molar-refractivity contribution in [2.75, 3.05) is 13.2 Å². The fourth-order valence-corrected chi connectivity index (χ4v) is 8.68. The zero-order valence-electron chi connectivity index (χ0n) is 39.2. The molecular weight excluding hydrogens is 882 g/mol. The summed E-state index contributed by atoms with van der Waals surface area (Å²) < 4.78 is 49.3. The average molecular weight is 967 g/mol. The Morgan fingerprint density at radius 3 is 1.40 bits per heavy atom. The predicted octanol–water partition coefficient (Wildman–Crippen LogP) is 9.29. The van der Waals surface area contributed by atoms with E-state index in [2.05, 4.69) is 54.8 Å². The standard InChI is InChI=1S/C47H84O16P2/c1-3-5-7-9-11-13-15-17-19-20-22-24-26-28-30-32-34-36-41(49)61-39(37-59-40(48)35-33-31-29-27-25-23-21-18-16-14-12-10-8-6-4-2)38-60-65(57,58)63-47-44(52)42(50)43(51)46(45(47)53)62-64(54,55)56/h11,13,17,19,22,24,28,30,39,42-47,50-53H,3-10,12,14-16,18,20-21,23,25-27,29,31-38H2,1-2H3,(H,57,58)(H2,54,55,56)/b13-11-,19-17-,24-22-,30-28-/t39-,42+,43+,44-,45-,46-,47+/m0/s1. The monoisotopic (exact) mass is 967 g/mol. The number of aliphatic hydroxyl groups excluding tert-OH is 4. The second-order valence-corrected chi connectivity index (χ2v) is 19.4. The molecule has 0 saturated heterocycles. The first-order valence-corrected chi connectivity index (χ1v) is 27.2. The Morgan fingerprint density at radius 1 is 0.492 bits per heavy atom. The van der Waals surface area contributed by atoms with E-state index in [1.807, 2.05) is 12.2 Å². The van der Waals surface area contributed by atoms with E-state index in [0.29, 0.717) is 19.3 Å². The minimum absolute atomic E-state index is 0.0312. The van der Waals surface area contributed by atoms with E-state index in [9.17, 15) is 53.8 Å². The number of phosphoric acid groups is 2. The summed E-state index contributed by atoms with van der Waals surface area (Å²) in [5.74, 6) is -1.27. The second kappa shape index (κ2) is 37.9. The number of rotatable bonds is 40. The number of hydrogen-bond donors (Lipinski definition) is 7. The zero-order chi connectivity index (χ0) is 48.2. The summed E-state index contributed by atoms with van der Waals surface area (Å²) in [6.07, 6.45) is 27.9. The fourth-order valence-electron chi connectivity index (χ4n) is 7.14. The summed E-state index contributed by atoms with van der Waals surface area (Å²) in [5, 5.41) is 41.2. The highest BCUT2D eigenvalue weighted by Gasteiger charge is 2.54. The molecule has 18 heteroatoms. The molecule has 1 unspecified atom stereocenters. The molecule has 1 fully saturated rings. The Balaban J connectivity index is 2.63. The van der Waals surface area contributed by atoms with Gasteiger partial charge in [-0.05, 0) is 51.4 Å². The number of carbonyl (C=O) groups excluding carboxylic acids is 2. The molecule has 0 bridgehead atoms. The van der Waals surface area contributed by atoms with Gasteiger partial charge in [0.1, 0.15) is 43.2 Å². The van der Waals surface area contributed by atoms with E-state index in [0.717, 1.165) is 51.4 Å². The minimum Gasteiger partial charge on any atom is -0.462 e. The summed E-state index contributed by atoms with van der Waals surface area (Å²) >= 11 is 0. The number of carbonyl (C=O) groups is 2. The maximum atomic E-state index is 13.0. The van der Waals surface area contributed by atoms with Crippen LogP contribution >= 0.6 is 15.6 Å². The molecule has 1 rings (SSSR count). The van der Waals surface area contributed by atoms with Crippen LogP contribution in [0.3, 0.4) is 0 Å². The lowest BCUT2D eigenvalue weighted by Crippen LogP contribution is -2.64. The van der Waals surface area contributed by atoms with Crippen LogP contribution in [0.15, 0.2) is 48.6 Å². The fraction of sp³-hybridized carbons (Fsp3) is 0.787. The largest absolute Gasteiger partial charge is 0.472 e. The Bertz CT molecular complexity index is 1450. The number of hydrogen-bond acceptors (Lipinski definition) is 13. The van der Waals surface area contributed by atoms with Crippen LogP contribution in [0.4, 0.5) is 0 Å². The third kappa shape index (κ3) is 32.4.